The van der Waals surface area contributed by atoms with Crippen LogP contribution in [0.2, 0.25) is 0 Å². The highest BCUT2D eigenvalue weighted by Crippen LogP contribution is 2.28. The first-order valence-electron chi connectivity index (χ1n) is 6.25. The molecule has 1 saturated carbocycles. The molecule has 1 amide bonds. The number of pyridine rings is 1. The molecular formula is C14H15N3O2. The summed E-state index contributed by atoms with van der Waals surface area (Å²) in [5.74, 6) is -0.222. The summed E-state index contributed by atoms with van der Waals surface area (Å²) in [5.41, 5.74) is 12.2. The Bertz CT molecular complexity index is 636. The molecule has 2 aromatic rings. The van der Waals surface area contributed by atoms with Crippen molar-refractivity contribution in [2.45, 2.75) is 25.0 Å². The molecule has 98 valence electrons. The van der Waals surface area contributed by atoms with Crippen LogP contribution in [0, 0.1) is 0 Å². The zero-order valence-electron chi connectivity index (χ0n) is 10.4. The molecule has 1 aliphatic carbocycles. The number of ether oxygens (including phenoxy) is 1. The third kappa shape index (κ3) is 2.24. The minimum absolute atomic E-state index is 0.0294. The zero-order valence-corrected chi connectivity index (χ0v) is 10.4. The number of carbonyl (C=O) groups excluding carboxylic acids is 1. The van der Waals surface area contributed by atoms with Crippen molar-refractivity contribution in [1.82, 2.24) is 4.98 Å². The minimum Gasteiger partial charge on any atom is -0.474 e. The van der Waals surface area contributed by atoms with Gasteiger partial charge in [0, 0.05) is 11.4 Å². The van der Waals surface area contributed by atoms with E-state index in [9.17, 15) is 4.79 Å². The summed E-state index contributed by atoms with van der Waals surface area (Å²) in [4.78, 5) is 15.9. The van der Waals surface area contributed by atoms with E-state index in [0.29, 0.717) is 11.4 Å². The van der Waals surface area contributed by atoms with Crippen molar-refractivity contribution in [3.8, 4) is 5.88 Å². The zero-order chi connectivity index (χ0) is 13.4. The lowest BCUT2D eigenvalue weighted by Gasteiger charge is -2.32. The molecule has 3 rings (SSSR count). The molecule has 5 nitrogen and oxygen atoms in total. The Morgan fingerprint density at radius 2 is 2.05 bits per heavy atom. The van der Waals surface area contributed by atoms with Crippen LogP contribution < -0.4 is 16.2 Å². The molecule has 4 N–H and O–H groups in total. The van der Waals surface area contributed by atoms with E-state index in [0.717, 1.165) is 23.7 Å². The van der Waals surface area contributed by atoms with E-state index in [1.807, 2.05) is 24.3 Å². The molecule has 1 aromatic carbocycles. The predicted octanol–water partition coefficient (Wildman–Crippen LogP) is 1.20. The Hall–Kier alpha value is -2.14. The molecule has 19 heavy (non-hydrogen) atoms. The fraction of sp³-hybridized carbons (Fsp3) is 0.286. The molecule has 1 aromatic heterocycles. The maximum atomic E-state index is 11.5. The number of hydrogen-bond donors (Lipinski definition) is 2. The smallest absolute Gasteiger partial charge is 0.254 e. The average Bonchev–Trinajstić information content (AvgIpc) is 2.36. The highest BCUT2D eigenvalue weighted by atomic mass is 16.5. The maximum absolute atomic E-state index is 11.5. The van der Waals surface area contributed by atoms with Gasteiger partial charge in [-0.2, -0.15) is 0 Å². The third-order valence-corrected chi connectivity index (χ3v) is 3.36. The summed E-state index contributed by atoms with van der Waals surface area (Å²) in [6, 6.07) is 9.45. The van der Waals surface area contributed by atoms with Crippen LogP contribution in [0.25, 0.3) is 10.9 Å². The molecular weight excluding hydrogens is 242 g/mol. The van der Waals surface area contributed by atoms with Crippen molar-refractivity contribution < 1.29 is 9.53 Å². The van der Waals surface area contributed by atoms with Gasteiger partial charge in [-0.3, -0.25) is 4.79 Å². The van der Waals surface area contributed by atoms with E-state index in [1.165, 1.54) is 0 Å². The SMILES string of the molecule is NC(=O)c1cc2ccccc2nc1OC1CC(N)C1. The number of amides is 1. The summed E-state index contributed by atoms with van der Waals surface area (Å²) in [6.45, 7) is 0. The van der Waals surface area contributed by atoms with Gasteiger partial charge in [0.05, 0.1) is 5.52 Å². The van der Waals surface area contributed by atoms with Crippen LogP contribution in [0.5, 0.6) is 5.88 Å². The topological polar surface area (TPSA) is 91.2 Å². The molecule has 0 spiro atoms. The maximum Gasteiger partial charge on any atom is 0.254 e. The lowest BCUT2D eigenvalue weighted by Crippen LogP contribution is -2.43. The molecule has 0 radical (unpaired) electrons. The molecule has 0 aliphatic heterocycles. The quantitative estimate of drug-likeness (QED) is 0.864. The lowest BCUT2D eigenvalue weighted by atomic mass is 9.90. The summed E-state index contributed by atoms with van der Waals surface area (Å²) in [6.07, 6.45) is 1.60. The van der Waals surface area contributed by atoms with Crippen LogP contribution in [-0.2, 0) is 0 Å². The first-order valence-corrected chi connectivity index (χ1v) is 6.25. The Balaban J connectivity index is 2.00. The number of carbonyl (C=O) groups is 1. The molecule has 5 heteroatoms. The van der Waals surface area contributed by atoms with Gasteiger partial charge in [0.15, 0.2) is 0 Å². The minimum atomic E-state index is -0.531. The van der Waals surface area contributed by atoms with E-state index in [1.54, 1.807) is 6.07 Å². The molecule has 1 fully saturated rings. The number of fused-ring (bicyclic) bond motifs is 1. The Labute approximate surface area is 110 Å². The highest BCUT2D eigenvalue weighted by Gasteiger charge is 2.29. The van der Waals surface area contributed by atoms with Gasteiger partial charge in [-0.25, -0.2) is 4.98 Å². The van der Waals surface area contributed by atoms with Gasteiger partial charge in [0.25, 0.3) is 5.91 Å². The molecule has 1 aliphatic rings. The van der Waals surface area contributed by atoms with E-state index < -0.39 is 5.91 Å². The Morgan fingerprint density at radius 1 is 1.32 bits per heavy atom. The fourth-order valence-electron chi connectivity index (χ4n) is 2.23. The lowest BCUT2D eigenvalue weighted by molar-refractivity contribution is 0.0899. The average molecular weight is 257 g/mol. The number of hydrogen-bond acceptors (Lipinski definition) is 4. The van der Waals surface area contributed by atoms with Crippen molar-refractivity contribution in [2.75, 3.05) is 0 Å². The molecule has 0 bridgehead atoms. The van der Waals surface area contributed by atoms with Crippen LogP contribution >= 0.6 is 0 Å². The standard InChI is InChI=1S/C14H15N3O2/c15-9-6-10(7-9)19-14-11(13(16)18)5-8-3-1-2-4-12(8)17-14/h1-5,9-10H,6-7,15H2,(H2,16,18). The van der Waals surface area contributed by atoms with Crippen molar-refractivity contribution in [2.24, 2.45) is 11.5 Å². The van der Waals surface area contributed by atoms with Crippen LogP contribution in [-0.4, -0.2) is 23.0 Å². The number of benzene rings is 1. The van der Waals surface area contributed by atoms with Gasteiger partial charge in [-0.05, 0) is 25.0 Å². The molecule has 0 saturated heterocycles. The predicted molar refractivity (Wildman–Crippen MR) is 71.9 cm³/mol. The summed E-state index contributed by atoms with van der Waals surface area (Å²) >= 11 is 0. The van der Waals surface area contributed by atoms with Crippen molar-refractivity contribution in [3.05, 3.63) is 35.9 Å². The van der Waals surface area contributed by atoms with Gasteiger partial charge in [-0.15, -0.1) is 0 Å². The number of nitrogens with zero attached hydrogens (tertiary/aromatic N) is 1. The molecule has 1 heterocycles. The normalized spacial score (nSPS) is 21.9. The number of aromatic nitrogens is 1. The van der Waals surface area contributed by atoms with Crippen molar-refractivity contribution in [1.29, 1.82) is 0 Å². The van der Waals surface area contributed by atoms with Crippen LogP contribution in [0.15, 0.2) is 30.3 Å². The van der Waals surface area contributed by atoms with E-state index >= 15 is 0 Å². The number of para-hydroxylation sites is 1. The summed E-state index contributed by atoms with van der Waals surface area (Å²) in [5, 5.41) is 0.869. The Kier molecular flexibility index (Phi) is 2.83. The van der Waals surface area contributed by atoms with Crippen molar-refractivity contribution >= 4 is 16.8 Å². The largest absolute Gasteiger partial charge is 0.474 e. The van der Waals surface area contributed by atoms with Gasteiger partial charge >= 0.3 is 0 Å². The van der Waals surface area contributed by atoms with Gasteiger partial charge < -0.3 is 16.2 Å². The second kappa shape index (κ2) is 4.51. The first-order chi connectivity index (χ1) is 9.13. The first kappa shape index (κ1) is 11.9. The second-order valence-corrected chi connectivity index (χ2v) is 4.87. The number of nitrogens with two attached hydrogens (primary N) is 2. The van der Waals surface area contributed by atoms with E-state index in [-0.39, 0.29) is 12.1 Å². The second-order valence-electron chi connectivity index (χ2n) is 4.87. The monoisotopic (exact) mass is 257 g/mol. The summed E-state index contributed by atoms with van der Waals surface area (Å²) < 4.78 is 5.73. The van der Waals surface area contributed by atoms with Crippen molar-refractivity contribution in [3.63, 3.8) is 0 Å². The highest BCUT2D eigenvalue weighted by molar-refractivity contribution is 5.98. The van der Waals surface area contributed by atoms with E-state index in [2.05, 4.69) is 4.98 Å². The van der Waals surface area contributed by atoms with Crippen LogP contribution in [0.3, 0.4) is 0 Å². The van der Waals surface area contributed by atoms with Gasteiger partial charge in [-0.1, -0.05) is 18.2 Å². The van der Waals surface area contributed by atoms with Crippen LogP contribution in [0.4, 0.5) is 0 Å². The fourth-order valence-corrected chi connectivity index (χ4v) is 2.23. The number of primary amides is 1. The van der Waals surface area contributed by atoms with Gasteiger partial charge in [0.1, 0.15) is 11.7 Å². The van der Waals surface area contributed by atoms with E-state index in [4.69, 9.17) is 16.2 Å². The Morgan fingerprint density at radius 3 is 2.74 bits per heavy atom. The molecule has 0 unspecified atom stereocenters. The van der Waals surface area contributed by atoms with Gasteiger partial charge in [0.2, 0.25) is 5.88 Å². The summed E-state index contributed by atoms with van der Waals surface area (Å²) in [7, 11) is 0. The molecule has 0 atom stereocenters. The van der Waals surface area contributed by atoms with Crippen LogP contribution in [0.1, 0.15) is 23.2 Å². The third-order valence-electron chi connectivity index (χ3n) is 3.36. The number of rotatable bonds is 3.